The quantitative estimate of drug-likeness (QED) is 0.752. The molecule has 0 bridgehead atoms. The van der Waals surface area contributed by atoms with E-state index in [9.17, 15) is 9.18 Å². The van der Waals surface area contributed by atoms with Crippen molar-refractivity contribution in [2.45, 2.75) is 5.75 Å². The number of amides is 1. The molecule has 0 heterocycles. The number of hydrogen-bond donors (Lipinski definition) is 1. The summed E-state index contributed by atoms with van der Waals surface area (Å²) >= 11 is 13.8. The molecule has 0 spiro atoms. The molecular formula is C16H14Cl2FNOS. The highest BCUT2D eigenvalue weighted by atomic mass is 35.5. The van der Waals surface area contributed by atoms with Crippen LogP contribution in [0.25, 0.3) is 0 Å². The van der Waals surface area contributed by atoms with Crippen LogP contribution in [-0.4, -0.2) is 18.2 Å². The molecule has 1 N–H and O–H groups in total. The van der Waals surface area contributed by atoms with Crippen LogP contribution in [0.5, 0.6) is 0 Å². The first-order valence-electron chi connectivity index (χ1n) is 6.62. The third-order valence-electron chi connectivity index (χ3n) is 2.95. The second-order valence-electron chi connectivity index (χ2n) is 4.52. The maximum Gasteiger partial charge on any atom is 0.251 e. The number of nitrogens with one attached hydrogen (secondary N) is 1. The average Bonchev–Trinajstić information content (AvgIpc) is 2.50. The summed E-state index contributed by atoms with van der Waals surface area (Å²) in [6, 6.07) is 10.9. The zero-order chi connectivity index (χ0) is 15.9. The summed E-state index contributed by atoms with van der Waals surface area (Å²) < 4.78 is 12.8. The van der Waals surface area contributed by atoms with Gasteiger partial charge >= 0.3 is 0 Å². The minimum Gasteiger partial charge on any atom is -0.351 e. The smallest absolute Gasteiger partial charge is 0.251 e. The van der Waals surface area contributed by atoms with Crippen molar-refractivity contribution in [2.75, 3.05) is 12.3 Å². The van der Waals surface area contributed by atoms with Crippen molar-refractivity contribution in [2.24, 2.45) is 0 Å². The molecule has 0 fully saturated rings. The van der Waals surface area contributed by atoms with Crippen molar-refractivity contribution in [1.82, 2.24) is 5.32 Å². The molecule has 2 aromatic rings. The summed E-state index contributed by atoms with van der Waals surface area (Å²) in [7, 11) is 0. The fourth-order valence-corrected chi connectivity index (χ4v) is 3.38. The Hall–Kier alpha value is -1.23. The first-order chi connectivity index (χ1) is 10.6. The van der Waals surface area contributed by atoms with Gasteiger partial charge in [-0.3, -0.25) is 4.79 Å². The molecule has 0 atom stereocenters. The number of carbonyl (C=O) groups is 1. The van der Waals surface area contributed by atoms with Crippen molar-refractivity contribution < 1.29 is 9.18 Å². The Bertz CT molecular complexity index is 629. The molecule has 0 saturated carbocycles. The molecule has 1 amide bonds. The van der Waals surface area contributed by atoms with Crippen molar-refractivity contribution in [3.63, 3.8) is 0 Å². The number of halogens is 3. The lowest BCUT2D eigenvalue weighted by atomic mass is 10.2. The maximum absolute atomic E-state index is 12.8. The van der Waals surface area contributed by atoms with Crippen molar-refractivity contribution in [3.8, 4) is 0 Å². The van der Waals surface area contributed by atoms with Crippen LogP contribution in [0, 0.1) is 5.82 Å². The summed E-state index contributed by atoms with van der Waals surface area (Å²) in [6.45, 7) is 0.517. The summed E-state index contributed by atoms with van der Waals surface area (Å²) in [5, 5.41) is 4.08. The lowest BCUT2D eigenvalue weighted by Gasteiger charge is -2.08. The molecule has 0 radical (unpaired) electrons. The molecule has 0 aliphatic carbocycles. The molecule has 2 nitrogen and oxygen atoms in total. The lowest BCUT2D eigenvalue weighted by molar-refractivity contribution is 0.0956. The Morgan fingerprint density at radius 2 is 1.73 bits per heavy atom. The van der Waals surface area contributed by atoms with Gasteiger partial charge in [0.2, 0.25) is 0 Å². The molecule has 2 aromatic carbocycles. The van der Waals surface area contributed by atoms with Gasteiger partial charge in [-0.2, -0.15) is 11.8 Å². The summed E-state index contributed by atoms with van der Waals surface area (Å²) in [5.74, 6) is 0.847. The Kier molecular flexibility index (Phi) is 6.55. The molecule has 22 heavy (non-hydrogen) atoms. The van der Waals surface area contributed by atoms with E-state index in [-0.39, 0.29) is 11.7 Å². The van der Waals surface area contributed by atoms with Gasteiger partial charge in [-0.05, 0) is 42.0 Å². The normalized spacial score (nSPS) is 10.5. The van der Waals surface area contributed by atoms with Crippen LogP contribution in [0.4, 0.5) is 4.39 Å². The molecule has 0 aromatic heterocycles. The third kappa shape index (κ3) is 4.90. The van der Waals surface area contributed by atoms with E-state index in [1.54, 1.807) is 23.9 Å². The Morgan fingerprint density at radius 1 is 1.09 bits per heavy atom. The van der Waals surface area contributed by atoms with Crippen molar-refractivity contribution in [3.05, 3.63) is 69.5 Å². The van der Waals surface area contributed by atoms with Crippen LogP contribution in [0.3, 0.4) is 0 Å². The van der Waals surface area contributed by atoms with E-state index in [1.807, 2.05) is 6.07 Å². The highest BCUT2D eigenvalue weighted by Gasteiger charge is 2.07. The van der Waals surface area contributed by atoms with Crippen LogP contribution in [-0.2, 0) is 5.75 Å². The van der Waals surface area contributed by atoms with Gasteiger partial charge in [0.25, 0.3) is 5.91 Å². The van der Waals surface area contributed by atoms with Crippen molar-refractivity contribution in [1.29, 1.82) is 0 Å². The largest absolute Gasteiger partial charge is 0.351 e. The SMILES string of the molecule is O=C(NCCSCc1c(Cl)cccc1Cl)c1ccc(F)cc1. The van der Waals surface area contributed by atoms with Crippen LogP contribution < -0.4 is 5.32 Å². The number of hydrogen-bond acceptors (Lipinski definition) is 2. The molecular weight excluding hydrogens is 344 g/mol. The molecule has 6 heteroatoms. The summed E-state index contributed by atoms with van der Waals surface area (Å²) in [5.41, 5.74) is 1.35. The maximum atomic E-state index is 12.8. The zero-order valence-electron chi connectivity index (χ0n) is 11.6. The molecule has 0 aliphatic rings. The molecule has 2 rings (SSSR count). The summed E-state index contributed by atoms with van der Waals surface area (Å²) in [4.78, 5) is 11.8. The van der Waals surface area contributed by atoms with Crippen LogP contribution >= 0.6 is 35.0 Å². The zero-order valence-corrected chi connectivity index (χ0v) is 13.9. The van der Waals surface area contributed by atoms with Crippen LogP contribution in [0.15, 0.2) is 42.5 Å². The Balaban J connectivity index is 1.73. The van der Waals surface area contributed by atoms with Crippen LogP contribution in [0.1, 0.15) is 15.9 Å². The molecule has 0 aliphatic heterocycles. The Morgan fingerprint density at radius 3 is 2.36 bits per heavy atom. The van der Waals surface area contributed by atoms with Gasteiger partial charge < -0.3 is 5.32 Å². The number of carbonyl (C=O) groups excluding carboxylic acids is 1. The second-order valence-corrected chi connectivity index (χ2v) is 6.44. The van der Waals surface area contributed by atoms with Gasteiger partial charge in [0.15, 0.2) is 0 Å². The van der Waals surface area contributed by atoms with Crippen LogP contribution in [0.2, 0.25) is 10.0 Å². The minimum absolute atomic E-state index is 0.212. The van der Waals surface area contributed by atoms with E-state index in [0.29, 0.717) is 27.9 Å². The minimum atomic E-state index is -0.358. The fourth-order valence-electron chi connectivity index (χ4n) is 1.78. The summed E-state index contributed by atoms with van der Waals surface area (Å²) in [6.07, 6.45) is 0. The lowest BCUT2D eigenvalue weighted by Crippen LogP contribution is -2.25. The van der Waals surface area contributed by atoms with E-state index >= 15 is 0 Å². The molecule has 0 saturated heterocycles. The highest BCUT2D eigenvalue weighted by Crippen LogP contribution is 2.27. The monoisotopic (exact) mass is 357 g/mol. The van der Waals surface area contributed by atoms with Crippen molar-refractivity contribution >= 4 is 40.9 Å². The van der Waals surface area contributed by atoms with Gasteiger partial charge in [-0.15, -0.1) is 0 Å². The predicted octanol–water partition coefficient (Wildman–Crippen LogP) is 4.80. The van der Waals surface area contributed by atoms with E-state index in [1.165, 1.54) is 24.3 Å². The van der Waals surface area contributed by atoms with E-state index in [2.05, 4.69) is 5.32 Å². The standard InChI is InChI=1S/C16H14Cl2FNOS/c17-14-2-1-3-15(18)13(14)10-22-9-8-20-16(21)11-4-6-12(19)7-5-11/h1-7H,8-10H2,(H,20,21). The van der Waals surface area contributed by atoms with Gasteiger partial charge in [-0.1, -0.05) is 29.3 Å². The predicted molar refractivity (Wildman–Crippen MR) is 91.4 cm³/mol. The first-order valence-corrected chi connectivity index (χ1v) is 8.53. The van der Waals surface area contributed by atoms with Gasteiger partial charge in [0.05, 0.1) is 0 Å². The number of rotatable bonds is 6. The van der Waals surface area contributed by atoms with Gasteiger partial charge in [0, 0.05) is 33.7 Å². The van der Waals surface area contributed by atoms with E-state index in [0.717, 1.165) is 11.3 Å². The number of benzene rings is 2. The van der Waals surface area contributed by atoms with Gasteiger partial charge in [0.1, 0.15) is 5.82 Å². The second kappa shape index (κ2) is 8.42. The first kappa shape index (κ1) is 17.1. The molecule has 116 valence electrons. The van der Waals surface area contributed by atoms with Gasteiger partial charge in [-0.25, -0.2) is 4.39 Å². The highest BCUT2D eigenvalue weighted by molar-refractivity contribution is 7.98. The van der Waals surface area contributed by atoms with E-state index in [4.69, 9.17) is 23.2 Å². The Labute approximate surface area is 143 Å². The molecule has 0 unspecified atom stereocenters. The topological polar surface area (TPSA) is 29.1 Å². The number of thioether (sulfide) groups is 1. The third-order valence-corrected chi connectivity index (χ3v) is 4.64. The fraction of sp³-hybridized carbons (Fsp3) is 0.188. The average molecular weight is 358 g/mol. The van der Waals surface area contributed by atoms with E-state index < -0.39 is 0 Å².